The number of hydrogen-bond donors (Lipinski definition) is 1. The summed E-state index contributed by atoms with van der Waals surface area (Å²) in [5.74, 6) is -0.801. The van der Waals surface area contributed by atoms with Crippen molar-refractivity contribution in [3.63, 3.8) is 0 Å². The van der Waals surface area contributed by atoms with Crippen LogP contribution in [0, 0.1) is 5.82 Å². The molecule has 1 fully saturated rings. The van der Waals surface area contributed by atoms with E-state index in [9.17, 15) is 17.6 Å². The van der Waals surface area contributed by atoms with E-state index in [2.05, 4.69) is 15.4 Å². The maximum atomic E-state index is 13.4. The molecule has 10 heteroatoms. The van der Waals surface area contributed by atoms with Crippen LogP contribution in [0.5, 0.6) is 0 Å². The molecule has 0 aliphatic carbocycles. The molecule has 8 nitrogen and oxygen atoms in total. The summed E-state index contributed by atoms with van der Waals surface area (Å²) in [5, 5.41) is 6.60. The summed E-state index contributed by atoms with van der Waals surface area (Å²) < 4.78 is 40.4. The predicted octanol–water partition coefficient (Wildman–Crippen LogP) is 1.89. The SMILES string of the molecule is CN1CCN(S(=O)(=O)c2ccc(NC(=O)C3CC(c4cccc(F)c4)=NO3)cc2)CC1. The minimum Gasteiger partial charge on any atom is -0.382 e. The van der Waals surface area contributed by atoms with E-state index in [4.69, 9.17) is 4.84 Å². The number of rotatable bonds is 5. The first-order chi connectivity index (χ1) is 14.8. The summed E-state index contributed by atoms with van der Waals surface area (Å²) >= 11 is 0. The van der Waals surface area contributed by atoms with Crippen molar-refractivity contribution in [3.05, 3.63) is 59.9 Å². The summed E-state index contributed by atoms with van der Waals surface area (Å²) in [6.07, 6.45) is -0.627. The van der Waals surface area contributed by atoms with Gasteiger partial charge in [0.1, 0.15) is 5.82 Å². The summed E-state index contributed by atoms with van der Waals surface area (Å²) in [4.78, 5) is 20.0. The third kappa shape index (κ3) is 4.76. The molecule has 1 saturated heterocycles. The van der Waals surface area contributed by atoms with Crippen molar-refractivity contribution < 1.29 is 22.4 Å². The lowest BCUT2D eigenvalue weighted by atomic mass is 10.0. The fraction of sp³-hybridized carbons (Fsp3) is 0.333. The van der Waals surface area contributed by atoms with Gasteiger partial charge in [-0.25, -0.2) is 12.8 Å². The van der Waals surface area contributed by atoms with Crippen LogP contribution in [-0.4, -0.2) is 68.6 Å². The maximum absolute atomic E-state index is 13.4. The Hall–Kier alpha value is -2.82. The molecule has 0 spiro atoms. The molecule has 0 aromatic heterocycles. The fourth-order valence-corrected chi connectivity index (χ4v) is 4.89. The number of likely N-dealkylation sites (N-methyl/N-ethyl adjacent to an activating group) is 1. The first-order valence-electron chi connectivity index (χ1n) is 9.91. The smallest absolute Gasteiger partial charge is 0.268 e. The number of halogens is 1. The second-order valence-corrected chi connectivity index (χ2v) is 9.51. The molecular formula is C21H23FN4O4S. The molecule has 2 aromatic carbocycles. The highest BCUT2D eigenvalue weighted by molar-refractivity contribution is 7.89. The molecule has 31 heavy (non-hydrogen) atoms. The number of nitrogens with zero attached hydrogens (tertiary/aromatic N) is 3. The van der Waals surface area contributed by atoms with Gasteiger partial charge in [-0.3, -0.25) is 4.79 Å². The van der Waals surface area contributed by atoms with E-state index in [0.29, 0.717) is 43.1 Å². The van der Waals surface area contributed by atoms with Gasteiger partial charge in [0.2, 0.25) is 16.1 Å². The van der Waals surface area contributed by atoms with Crippen molar-refractivity contribution in [1.29, 1.82) is 0 Å². The zero-order valence-corrected chi connectivity index (χ0v) is 17.8. The van der Waals surface area contributed by atoms with Gasteiger partial charge in [-0.15, -0.1) is 0 Å². The monoisotopic (exact) mass is 446 g/mol. The number of sulfonamides is 1. The van der Waals surface area contributed by atoms with E-state index in [1.807, 2.05) is 7.05 Å². The van der Waals surface area contributed by atoms with Crippen molar-refractivity contribution in [2.45, 2.75) is 17.4 Å². The zero-order valence-electron chi connectivity index (χ0n) is 17.0. The molecule has 0 radical (unpaired) electrons. The van der Waals surface area contributed by atoms with Crippen molar-refractivity contribution in [2.75, 3.05) is 38.5 Å². The molecule has 164 valence electrons. The average molecular weight is 447 g/mol. The molecule has 1 N–H and O–H groups in total. The highest BCUT2D eigenvalue weighted by Crippen LogP contribution is 2.22. The van der Waals surface area contributed by atoms with Crippen molar-refractivity contribution >= 4 is 27.3 Å². The molecule has 1 amide bonds. The van der Waals surface area contributed by atoms with Gasteiger partial charge < -0.3 is 15.1 Å². The van der Waals surface area contributed by atoms with Gasteiger partial charge in [0, 0.05) is 43.9 Å². The molecule has 2 aromatic rings. The third-order valence-electron chi connectivity index (χ3n) is 5.34. The Kier molecular flexibility index (Phi) is 6.03. The fourth-order valence-electron chi connectivity index (χ4n) is 3.47. The lowest BCUT2D eigenvalue weighted by molar-refractivity contribution is -0.125. The van der Waals surface area contributed by atoms with Crippen molar-refractivity contribution in [2.24, 2.45) is 5.16 Å². The highest BCUT2D eigenvalue weighted by Gasteiger charge is 2.30. The second-order valence-electron chi connectivity index (χ2n) is 7.57. The summed E-state index contributed by atoms with van der Waals surface area (Å²) in [6.45, 7) is 2.27. The van der Waals surface area contributed by atoms with E-state index < -0.39 is 22.0 Å². The molecule has 0 saturated carbocycles. The molecule has 1 atom stereocenters. The lowest BCUT2D eigenvalue weighted by Crippen LogP contribution is -2.46. The first kappa shape index (κ1) is 21.4. The number of oxime groups is 1. The van der Waals surface area contributed by atoms with Crippen LogP contribution >= 0.6 is 0 Å². The molecule has 4 rings (SSSR count). The summed E-state index contributed by atoms with van der Waals surface area (Å²) in [7, 11) is -1.61. The van der Waals surface area contributed by atoms with Crippen LogP contribution in [0.4, 0.5) is 10.1 Å². The maximum Gasteiger partial charge on any atom is 0.268 e. The predicted molar refractivity (Wildman–Crippen MR) is 114 cm³/mol. The van der Waals surface area contributed by atoms with Crippen molar-refractivity contribution in [3.8, 4) is 0 Å². The first-order valence-corrected chi connectivity index (χ1v) is 11.4. The van der Waals surface area contributed by atoms with Crippen LogP contribution in [0.15, 0.2) is 58.6 Å². The van der Waals surface area contributed by atoms with E-state index in [-0.39, 0.29) is 17.1 Å². The Morgan fingerprint density at radius 2 is 1.84 bits per heavy atom. The van der Waals surface area contributed by atoms with E-state index >= 15 is 0 Å². The summed E-state index contributed by atoms with van der Waals surface area (Å²) in [6, 6.07) is 12.0. The zero-order chi connectivity index (χ0) is 22.0. The minimum atomic E-state index is -3.57. The van der Waals surface area contributed by atoms with Crippen LogP contribution in [0.25, 0.3) is 0 Å². The van der Waals surface area contributed by atoms with Gasteiger partial charge >= 0.3 is 0 Å². The third-order valence-corrected chi connectivity index (χ3v) is 7.25. The number of benzene rings is 2. The number of piperazine rings is 1. The molecule has 0 bridgehead atoms. The van der Waals surface area contributed by atoms with Gasteiger partial charge in [-0.1, -0.05) is 17.3 Å². The van der Waals surface area contributed by atoms with Crippen LogP contribution in [-0.2, 0) is 19.7 Å². The number of carbonyl (C=O) groups is 1. The standard InChI is InChI=1S/C21H23FN4O4S/c1-25-9-11-26(12-10-25)31(28,29)18-7-5-17(6-8-18)23-21(27)20-14-19(24-30-20)15-3-2-4-16(22)13-15/h2-8,13,20H,9-12,14H2,1H3,(H,23,27). The lowest BCUT2D eigenvalue weighted by Gasteiger charge is -2.31. The van der Waals surface area contributed by atoms with Crippen molar-refractivity contribution in [1.82, 2.24) is 9.21 Å². The number of amides is 1. The van der Waals surface area contributed by atoms with Crippen LogP contribution in [0.3, 0.4) is 0 Å². The van der Waals surface area contributed by atoms with Gasteiger partial charge in [0.25, 0.3) is 5.91 Å². The van der Waals surface area contributed by atoms with E-state index in [0.717, 1.165) is 0 Å². The van der Waals surface area contributed by atoms with Gasteiger partial charge in [-0.05, 0) is 43.4 Å². The molecule has 2 aliphatic heterocycles. The largest absolute Gasteiger partial charge is 0.382 e. The topological polar surface area (TPSA) is 91.3 Å². The molecule has 2 aliphatic rings. The molecular weight excluding hydrogens is 423 g/mol. The quantitative estimate of drug-likeness (QED) is 0.758. The Labute approximate surface area is 180 Å². The average Bonchev–Trinajstić information content (AvgIpc) is 3.25. The molecule has 1 unspecified atom stereocenters. The van der Waals surface area contributed by atoms with E-state index in [1.165, 1.54) is 28.6 Å². The van der Waals surface area contributed by atoms with E-state index in [1.54, 1.807) is 24.3 Å². The Bertz CT molecular complexity index is 1100. The van der Waals surface area contributed by atoms with Crippen LogP contribution in [0.1, 0.15) is 12.0 Å². The number of carbonyl (C=O) groups excluding carboxylic acids is 1. The molecule has 2 heterocycles. The van der Waals surface area contributed by atoms with Crippen LogP contribution in [0.2, 0.25) is 0 Å². The minimum absolute atomic E-state index is 0.184. The highest BCUT2D eigenvalue weighted by atomic mass is 32.2. The number of nitrogens with one attached hydrogen (secondary N) is 1. The van der Waals surface area contributed by atoms with Crippen LogP contribution < -0.4 is 5.32 Å². The van der Waals surface area contributed by atoms with Gasteiger partial charge in [0.15, 0.2) is 0 Å². The number of anilines is 1. The summed E-state index contributed by atoms with van der Waals surface area (Å²) in [5.41, 5.74) is 1.51. The Morgan fingerprint density at radius 1 is 1.13 bits per heavy atom. The van der Waals surface area contributed by atoms with Gasteiger partial charge in [0.05, 0.1) is 10.6 Å². The number of hydrogen-bond acceptors (Lipinski definition) is 6. The Balaban J connectivity index is 1.37. The normalized spacial score (nSPS) is 20.2. The van der Waals surface area contributed by atoms with Gasteiger partial charge in [-0.2, -0.15) is 4.31 Å². The second kappa shape index (κ2) is 8.74. The Morgan fingerprint density at radius 3 is 2.52 bits per heavy atom.